The molecular weight excluding hydrogens is 234 g/mol. The third-order valence-electron chi connectivity index (χ3n) is 3.96. The molecular formula is C17H29NO. The molecule has 2 nitrogen and oxygen atoms in total. The van der Waals surface area contributed by atoms with Gasteiger partial charge in [-0.15, -0.1) is 0 Å². The summed E-state index contributed by atoms with van der Waals surface area (Å²) in [5.74, 6) is 1.72. The summed E-state index contributed by atoms with van der Waals surface area (Å²) in [6, 6.07) is 9.29. The zero-order valence-electron chi connectivity index (χ0n) is 13.1. The lowest BCUT2D eigenvalue weighted by Gasteiger charge is -2.25. The van der Waals surface area contributed by atoms with Crippen LogP contribution in [0.25, 0.3) is 0 Å². The van der Waals surface area contributed by atoms with Gasteiger partial charge in [-0.3, -0.25) is 0 Å². The molecule has 0 saturated carbocycles. The van der Waals surface area contributed by atoms with Crippen LogP contribution in [-0.4, -0.2) is 13.2 Å². The van der Waals surface area contributed by atoms with Crippen LogP contribution in [0.4, 0.5) is 0 Å². The molecule has 1 aromatic rings. The standard InChI is InChI=1S/C17H29NO/c1-6-13(3)11-16(7-2)18-14(4)15-9-8-10-17(12-15)19-5/h8-10,12-14,16,18H,6-7,11H2,1-5H3/t13?,14-,16?/m0/s1. The second-order valence-corrected chi connectivity index (χ2v) is 5.52. The molecule has 0 spiro atoms. The van der Waals surface area contributed by atoms with Crippen LogP contribution in [0.1, 0.15) is 58.6 Å². The number of hydrogen-bond acceptors (Lipinski definition) is 2. The average molecular weight is 263 g/mol. The van der Waals surface area contributed by atoms with E-state index >= 15 is 0 Å². The minimum Gasteiger partial charge on any atom is -0.497 e. The van der Waals surface area contributed by atoms with E-state index in [9.17, 15) is 0 Å². The Morgan fingerprint density at radius 2 is 1.89 bits per heavy atom. The van der Waals surface area contributed by atoms with Gasteiger partial charge in [0.1, 0.15) is 5.75 Å². The summed E-state index contributed by atoms with van der Waals surface area (Å²) < 4.78 is 5.29. The van der Waals surface area contributed by atoms with Gasteiger partial charge in [-0.05, 0) is 43.4 Å². The number of hydrogen-bond donors (Lipinski definition) is 1. The van der Waals surface area contributed by atoms with Crippen molar-refractivity contribution in [2.75, 3.05) is 7.11 Å². The third-order valence-corrected chi connectivity index (χ3v) is 3.96. The second-order valence-electron chi connectivity index (χ2n) is 5.52. The first kappa shape index (κ1) is 16.0. The van der Waals surface area contributed by atoms with E-state index in [1.165, 1.54) is 24.8 Å². The van der Waals surface area contributed by atoms with Gasteiger partial charge >= 0.3 is 0 Å². The highest BCUT2D eigenvalue weighted by Crippen LogP contribution is 2.21. The van der Waals surface area contributed by atoms with Crippen molar-refractivity contribution >= 4 is 0 Å². The topological polar surface area (TPSA) is 21.3 Å². The number of rotatable bonds is 8. The smallest absolute Gasteiger partial charge is 0.119 e. The van der Waals surface area contributed by atoms with E-state index in [4.69, 9.17) is 4.74 Å². The summed E-state index contributed by atoms with van der Waals surface area (Å²) >= 11 is 0. The highest BCUT2D eigenvalue weighted by atomic mass is 16.5. The Labute approximate surface area is 118 Å². The number of ether oxygens (including phenoxy) is 1. The maximum absolute atomic E-state index is 5.29. The van der Waals surface area contributed by atoms with Crippen LogP contribution in [0.15, 0.2) is 24.3 Å². The monoisotopic (exact) mass is 263 g/mol. The molecule has 0 heterocycles. The second kappa shape index (κ2) is 8.21. The van der Waals surface area contributed by atoms with Gasteiger partial charge in [-0.25, -0.2) is 0 Å². The Kier molecular flexibility index (Phi) is 6.93. The van der Waals surface area contributed by atoms with Gasteiger partial charge in [0.15, 0.2) is 0 Å². The zero-order chi connectivity index (χ0) is 14.3. The average Bonchev–Trinajstić information content (AvgIpc) is 2.46. The Balaban J connectivity index is 2.62. The lowest BCUT2D eigenvalue weighted by molar-refractivity contribution is 0.358. The van der Waals surface area contributed by atoms with Crippen LogP contribution in [0.3, 0.4) is 0 Å². The van der Waals surface area contributed by atoms with Crippen LogP contribution in [0.2, 0.25) is 0 Å². The van der Waals surface area contributed by atoms with Gasteiger partial charge in [0, 0.05) is 12.1 Å². The van der Waals surface area contributed by atoms with Crippen LogP contribution in [-0.2, 0) is 0 Å². The van der Waals surface area contributed by atoms with Crippen LogP contribution in [0.5, 0.6) is 5.75 Å². The van der Waals surface area contributed by atoms with E-state index < -0.39 is 0 Å². The highest BCUT2D eigenvalue weighted by Gasteiger charge is 2.14. The molecule has 19 heavy (non-hydrogen) atoms. The minimum atomic E-state index is 0.365. The van der Waals surface area contributed by atoms with E-state index in [-0.39, 0.29) is 0 Å². The Hall–Kier alpha value is -1.02. The summed E-state index contributed by atoms with van der Waals surface area (Å²) in [4.78, 5) is 0. The van der Waals surface area contributed by atoms with E-state index in [0.29, 0.717) is 12.1 Å². The molecule has 0 radical (unpaired) electrons. The van der Waals surface area contributed by atoms with Gasteiger partial charge in [-0.1, -0.05) is 39.3 Å². The SMILES string of the molecule is CCC(C)CC(CC)N[C@@H](C)c1cccc(OC)c1. The molecule has 0 aliphatic heterocycles. The van der Waals surface area contributed by atoms with Gasteiger partial charge in [-0.2, -0.15) is 0 Å². The number of nitrogens with one attached hydrogen (secondary N) is 1. The van der Waals surface area contributed by atoms with Crippen molar-refractivity contribution in [1.82, 2.24) is 5.32 Å². The van der Waals surface area contributed by atoms with Gasteiger partial charge < -0.3 is 10.1 Å². The number of benzene rings is 1. The molecule has 2 unspecified atom stereocenters. The normalized spacial score (nSPS) is 15.8. The van der Waals surface area contributed by atoms with Crippen molar-refractivity contribution in [3.63, 3.8) is 0 Å². The molecule has 0 saturated heterocycles. The van der Waals surface area contributed by atoms with Gasteiger partial charge in [0.05, 0.1) is 7.11 Å². The number of methoxy groups -OCH3 is 1. The summed E-state index contributed by atoms with van der Waals surface area (Å²) in [7, 11) is 1.72. The first-order chi connectivity index (χ1) is 9.10. The van der Waals surface area contributed by atoms with Crippen molar-refractivity contribution in [2.45, 2.75) is 59.0 Å². The maximum atomic E-state index is 5.29. The van der Waals surface area contributed by atoms with E-state index in [0.717, 1.165) is 11.7 Å². The predicted octanol–water partition coefficient (Wildman–Crippen LogP) is 4.56. The molecule has 0 aromatic heterocycles. The van der Waals surface area contributed by atoms with Crippen molar-refractivity contribution in [2.24, 2.45) is 5.92 Å². The highest BCUT2D eigenvalue weighted by molar-refractivity contribution is 5.30. The molecule has 0 aliphatic rings. The summed E-state index contributed by atoms with van der Waals surface area (Å²) in [5.41, 5.74) is 1.29. The van der Waals surface area contributed by atoms with Crippen molar-refractivity contribution < 1.29 is 4.74 Å². The van der Waals surface area contributed by atoms with Gasteiger partial charge in [0.25, 0.3) is 0 Å². The van der Waals surface area contributed by atoms with E-state index in [2.05, 4.69) is 51.2 Å². The largest absolute Gasteiger partial charge is 0.497 e. The molecule has 1 N–H and O–H groups in total. The minimum absolute atomic E-state index is 0.365. The summed E-state index contributed by atoms with van der Waals surface area (Å²) in [6.07, 6.45) is 3.69. The fourth-order valence-corrected chi connectivity index (χ4v) is 2.37. The molecule has 0 bridgehead atoms. The predicted molar refractivity (Wildman–Crippen MR) is 82.7 cm³/mol. The molecule has 3 atom stereocenters. The van der Waals surface area contributed by atoms with Crippen LogP contribution < -0.4 is 10.1 Å². The molecule has 108 valence electrons. The molecule has 0 aliphatic carbocycles. The molecule has 1 aromatic carbocycles. The maximum Gasteiger partial charge on any atom is 0.119 e. The van der Waals surface area contributed by atoms with Crippen molar-refractivity contribution in [1.29, 1.82) is 0 Å². The fraction of sp³-hybridized carbons (Fsp3) is 0.647. The lowest BCUT2D eigenvalue weighted by Crippen LogP contribution is -2.32. The molecule has 0 fully saturated rings. The van der Waals surface area contributed by atoms with E-state index in [1.807, 2.05) is 6.07 Å². The Morgan fingerprint density at radius 3 is 2.47 bits per heavy atom. The van der Waals surface area contributed by atoms with Crippen molar-refractivity contribution in [3.05, 3.63) is 29.8 Å². The summed E-state index contributed by atoms with van der Waals surface area (Å²) in [6.45, 7) is 9.09. The quantitative estimate of drug-likeness (QED) is 0.742. The molecule has 0 amide bonds. The molecule has 1 rings (SSSR count). The first-order valence-electron chi connectivity index (χ1n) is 7.50. The van der Waals surface area contributed by atoms with E-state index in [1.54, 1.807) is 7.11 Å². The first-order valence-corrected chi connectivity index (χ1v) is 7.50. The van der Waals surface area contributed by atoms with Crippen LogP contribution >= 0.6 is 0 Å². The van der Waals surface area contributed by atoms with Gasteiger partial charge in [0.2, 0.25) is 0 Å². The lowest BCUT2D eigenvalue weighted by atomic mass is 9.96. The Bertz CT molecular complexity index is 364. The fourth-order valence-electron chi connectivity index (χ4n) is 2.37. The summed E-state index contributed by atoms with van der Waals surface area (Å²) in [5, 5.41) is 3.74. The third kappa shape index (κ3) is 5.23. The molecule has 2 heteroatoms. The van der Waals surface area contributed by atoms with Crippen molar-refractivity contribution in [3.8, 4) is 5.75 Å². The zero-order valence-corrected chi connectivity index (χ0v) is 13.1. The Morgan fingerprint density at radius 1 is 1.16 bits per heavy atom. The van der Waals surface area contributed by atoms with Crippen LogP contribution in [0, 0.1) is 5.92 Å².